The number of amides is 5. The molecule has 0 fully saturated rings. The van der Waals surface area contributed by atoms with Crippen molar-refractivity contribution in [1.82, 2.24) is 20.4 Å². The quantitative estimate of drug-likeness (QED) is 0.0444. The summed E-state index contributed by atoms with van der Waals surface area (Å²) in [6.45, 7) is 3.69. The summed E-state index contributed by atoms with van der Waals surface area (Å²) in [5.41, 5.74) is 19.5. The topological polar surface area (TPSA) is 194 Å². The van der Waals surface area contributed by atoms with Crippen LogP contribution in [0.5, 0.6) is 0 Å². The van der Waals surface area contributed by atoms with Crippen molar-refractivity contribution < 1.29 is 24.0 Å². The second-order valence-corrected chi connectivity index (χ2v) is 16.8. The highest BCUT2D eigenvalue weighted by molar-refractivity contribution is 5.88. The predicted octanol–water partition coefficient (Wildman–Crippen LogP) is 7.10. The minimum absolute atomic E-state index is 0.0543. The standard InChI is InChI=1S/C50H83N7O5/c1-2-3-4-5-6-7-8-9-10-11-12-13-20-31-46(58)54-38-40-57(48(60)35-33-43-27-18-15-19-28-43)45(30-22-24-37-52)50(62)55-39-41-56(44(49(53)61)29-21-23-36-51)47(59)34-32-42-25-16-14-17-26-42/h14-19,25-28,44-45H,2-13,20-24,29-41,51-52H2,1H3,(H2,53,61)(H,54,58)(H,55,62)/t44-,45-/m0/s1. The number of carbonyl (C=O) groups excluding carboxylic acids is 5. The summed E-state index contributed by atoms with van der Waals surface area (Å²) >= 11 is 0. The SMILES string of the molecule is CCCCCCCCCCCCCCCC(=O)NCCN(C(=O)CCc1ccccc1)[C@@H](CCCCN)C(=O)NCCN(C(=O)CCc1ccccc1)[C@@H](CCCCN)C(N)=O. The molecule has 8 N–H and O–H groups in total. The Balaban J connectivity index is 2.06. The van der Waals surface area contributed by atoms with Crippen LogP contribution in [0.2, 0.25) is 0 Å². The number of carbonyl (C=O) groups is 5. The van der Waals surface area contributed by atoms with Crippen molar-refractivity contribution in [3.8, 4) is 0 Å². The van der Waals surface area contributed by atoms with E-state index < -0.39 is 18.0 Å². The molecule has 0 bridgehead atoms. The largest absolute Gasteiger partial charge is 0.368 e. The summed E-state index contributed by atoms with van der Waals surface area (Å²) in [4.78, 5) is 70.6. The molecule has 0 spiro atoms. The zero-order valence-corrected chi connectivity index (χ0v) is 38.3. The molecule has 12 heteroatoms. The lowest BCUT2D eigenvalue weighted by Gasteiger charge is -2.33. The first kappa shape index (κ1) is 53.8. The van der Waals surface area contributed by atoms with Crippen molar-refractivity contribution in [3.05, 3.63) is 71.8 Å². The van der Waals surface area contributed by atoms with E-state index in [1.807, 2.05) is 60.7 Å². The van der Waals surface area contributed by atoms with E-state index in [4.69, 9.17) is 17.2 Å². The van der Waals surface area contributed by atoms with Crippen molar-refractivity contribution in [2.24, 2.45) is 17.2 Å². The van der Waals surface area contributed by atoms with E-state index in [9.17, 15) is 24.0 Å². The number of hydrogen-bond acceptors (Lipinski definition) is 7. The normalized spacial score (nSPS) is 12.0. The van der Waals surface area contributed by atoms with Gasteiger partial charge in [0, 0.05) is 45.4 Å². The highest BCUT2D eigenvalue weighted by Gasteiger charge is 2.31. The minimum Gasteiger partial charge on any atom is -0.368 e. The summed E-state index contributed by atoms with van der Waals surface area (Å²) < 4.78 is 0. The smallest absolute Gasteiger partial charge is 0.242 e. The van der Waals surface area contributed by atoms with E-state index in [1.165, 1.54) is 69.1 Å². The van der Waals surface area contributed by atoms with Crippen LogP contribution >= 0.6 is 0 Å². The zero-order valence-electron chi connectivity index (χ0n) is 38.3. The summed E-state index contributed by atoms with van der Waals surface area (Å²) in [6.07, 6.45) is 21.3. The van der Waals surface area contributed by atoms with Gasteiger partial charge in [0.25, 0.3) is 0 Å². The van der Waals surface area contributed by atoms with E-state index in [-0.39, 0.29) is 62.6 Å². The molecule has 0 unspecified atom stereocenters. The molecule has 0 aromatic heterocycles. The van der Waals surface area contributed by atoms with Gasteiger partial charge in [-0.15, -0.1) is 0 Å². The Hall–Kier alpha value is -4.29. The average molecular weight is 862 g/mol. The third kappa shape index (κ3) is 24.4. The van der Waals surface area contributed by atoms with Crippen LogP contribution in [0.1, 0.15) is 159 Å². The summed E-state index contributed by atoms with van der Waals surface area (Å²) in [5, 5.41) is 5.99. The van der Waals surface area contributed by atoms with Crippen LogP contribution in [0.15, 0.2) is 60.7 Å². The molecule has 0 saturated carbocycles. The molecule has 2 rings (SSSR count). The average Bonchev–Trinajstić information content (AvgIpc) is 3.28. The number of benzene rings is 2. The van der Waals surface area contributed by atoms with Crippen molar-refractivity contribution in [1.29, 1.82) is 0 Å². The van der Waals surface area contributed by atoms with E-state index >= 15 is 0 Å². The van der Waals surface area contributed by atoms with Crippen LogP contribution in [0.3, 0.4) is 0 Å². The molecule has 0 aliphatic rings. The maximum absolute atomic E-state index is 14.1. The first-order chi connectivity index (χ1) is 30.2. The lowest BCUT2D eigenvalue weighted by atomic mass is 10.0. The number of nitrogens with zero attached hydrogens (tertiary/aromatic N) is 2. The predicted molar refractivity (Wildman–Crippen MR) is 252 cm³/mol. The highest BCUT2D eigenvalue weighted by atomic mass is 16.2. The third-order valence-electron chi connectivity index (χ3n) is 11.7. The molecule has 2 aromatic carbocycles. The molecule has 0 aliphatic heterocycles. The molecule has 0 heterocycles. The van der Waals surface area contributed by atoms with E-state index in [1.54, 1.807) is 4.90 Å². The molecule has 0 radical (unpaired) electrons. The van der Waals surface area contributed by atoms with Crippen LogP contribution < -0.4 is 27.8 Å². The first-order valence-electron chi connectivity index (χ1n) is 24.1. The molecule has 2 aromatic rings. The Morgan fingerprint density at radius 2 is 0.935 bits per heavy atom. The Kier molecular flexibility index (Phi) is 30.6. The highest BCUT2D eigenvalue weighted by Crippen LogP contribution is 2.17. The fourth-order valence-corrected chi connectivity index (χ4v) is 7.96. The van der Waals surface area contributed by atoms with Gasteiger partial charge in [-0.25, -0.2) is 0 Å². The van der Waals surface area contributed by atoms with Crippen LogP contribution in [-0.4, -0.2) is 90.7 Å². The Labute approximate surface area is 374 Å². The zero-order chi connectivity index (χ0) is 45.0. The molecule has 12 nitrogen and oxygen atoms in total. The fourth-order valence-electron chi connectivity index (χ4n) is 7.96. The monoisotopic (exact) mass is 862 g/mol. The molecular weight excluding hydrogens is 779 g/mol. The summed E-state index contributed by atoms with van der Waals surface area (Å²) in [6, 6.07) is 17.7. The number of unbranched alkanes of at least 4 members (excludes halogenated alkanes) is 14. The second-order valence-electron chi connectivity index (χ2n) is 16.8. The number of nitrogens with one attached hydrogen (secondary N) is 2. The van der Waals surface area contributed by atoms with Gasteiger partial charge in [0.2, 0.25) is 29.5 Å². The maximum Gasteiger partial charge on any atom is 0.242 e. The number of primary amides is 1. The molecule has 0 aliphatic carbocycles. The number of hydrogen-bond donors (Lipinski definition) is 5. The molecule has 62 heavy (non-hydrogen) atoms. The Bertz CT molecular complexity index is 1500. The van der Waals surface area contributed by atoms with Crippen LogP contribution in [0.25, 0.3) is 0 Å². The second kappa shape index (κ2) is 35.2. The van der Waals surface area contributed by atoms with Gasteiger partial charge in [0.1, 0.15) is 12.1 Å². The van der Waals surface area contributed by atoms with Crippen LogP contribution in [-0.2, 0) is 36.8 Å². The third-order valence-corrected chi connectivity index (χ3v) is 11.7. The van der Waals surface area contributed by atoms with Gasteiger partial charge in [-0.3, -0.25) is 24.0 Å². The molecule has 2 atom stereocenters. The van der Waals surface area contributed by atoms with E-state index in [2.05, 4.69) is 17.6 Å². The first-order valence-corrected chi connectivity index (χ1v) is 24.1. The fraction of sp³-hybridized carbons (Fsp3) is 0.660. The maximum atomic E-state index is 14.1. The van der Waals surface area contributed by atoms with Crippen LogP contribution in [0, 0.1) is 0 Å². The van der Waals surface area contributed by atoms with Gasteiger partial charge in [-0.2, -0.15) is 0 Å². The van der Waals surface area contributed by atoms with Crippen molar-refractivity contribution in [3.63, 3.8) is 0 Å². The minimum atomic E-state index is -0.846. The van der Waals surface area contributed by atoms with Gasteiger partial charge < -0.3 is 37.6 Å². The van der Waals surface area contributed by atoms with Crippen molar-refractivity contribution >= 4 is 29.5 Å². The summed E-state index contributed by atoms with van der Waals surface area (Å²) in [7, 11) is 0. The Morgan fingerprint density at radius 3 is 1.39 bits per heavy atom. The molecule has 348 valence electrons. The van der Waals surface area contributed by atoms with E-state index in [0.717, 1.165) is 30.4 Å². The van der Waals surface area contributed by atoms with Gasteiger partial charge in [-0.05, 0) is 82.0 Å². The van der Waals surface area contributed by atoms with E-state index in [0.29, 0.717) is 70.9 Å². The number of rotatable bonds is 38. The van der Waals surface area contributed by atoms with Gasteiger partial charge in [0.15, 0.2) is 0 Å². The Morgan fingerprint density at radius 1 is 0.516 bits per heavy atom. The summed E-state index contributed by atoms with van der Waals surface area (Å²) in [5.74, 6) is -1.43. The lowest BCUT2D eigenvalue weighted by molar-refractivity contribution is -0.141. The van der Waals surface area contributed by atoms with Gasteiger partial charge in [0.05, 0.1) is 0 Å². The van der Waals surface area contributed by atoms with Gasteiger partial charge in [-0.1, -0.05) is 145 Å². The van der Waals surface area contributed by atoms with Crippen molar-refractivity contribution in [2.45, 2.75) is 173 Å². The molecule has 5 amide bonds. The van der Waals surface area contributed by atoms with Crippen LogP contribution in [0.4, 0.5) is 0 Å². The number of aryl methyl sites for hydroxylation is 2. The molecular formula is C50H83N7O5. The van der Waals surface area contributed by atoms with Crippen molar-refractivity contribution in [2.75, 3.05) is 39.3 Å². The lowest BCUT2D eigenvalue weighted by Crippen LogP contribution is -2.54. The number of nitrogens with two attached hydrogens (primary N) is 3. The molecule has 0 saturated heterocycles. The van der Waals surface area contributed by atoms with Gasteiger partial charge >= 0.3 is 0 Å².